The van der Waals surface area contributed by atoms with Crippen LogP contribution in [0.4, 0.5) is 26.3 Å². The number of alkyl halides is 3. The highest BCUT2D eigenvalue weighted by atomic mass is 19.4. The van der Waals surface area contributed by atoms with E-state index < -0.39 is 29.2 Å². The third-order valence-electron chi connectivity index (χ3n) is 6.25. The lowest BCUT2D eigenvalue weighted by Crippen LogP contribution is -2.11. The second-order valence-electron chi connectivity index (χ2n) is 8.97. The standard InChI is InChI=1S/C32H24F6/c1-2-3-4-5-21-6-8-22(9-7-21)10-11-23-13-17-27-26(18-23)16-15-25(31(27)35)14-12-24-19-28(33)30(29(34)20-24)32(36,37)38/h2-3,6-9,13,15-20H,4-5,10-11H2,1H3/b3-2+. The minimum Gasteiger partial charge on any atom is -0.206 e. The molecule has 0 atom stereocenters. The summed E-state index contributed by atoms with van der Waals surface area (Å²) in [7, 11) is 0. The van der Waals surface area contributed by atoms with Crippen molar-refractivity contribution in [2.24, 2.45) is 0 Å². The van der Waals surface area contributed by atoms with Crippen LogP contribution in [0.2, 0.25) is 0 Å². The van der Waals surface area contributed by atoms with Gasteiger partial charge >= 0.3 is 6.18 Å². The van der Waals surface area contributed by atoms with Crippen LogP contribution in [0.5, 0.6) is 0 Å². The van der Waals surface area contributed by atoms with Gasteiger partial charge in [0.15, 0.2) is 0 Å². The van der Waals surface area contributed by atoms with Crippen molar-refractivity contribution in [2.45, 2.75) is 38.8 Å². The molecule has 0 saturated carbocycles. The van der Waals surface area contributed by atoms with Crippen molar-refractivity contribution in [3.8, 4) is 11.8 Å². The first-order valence-electron chi connectivity index (χ1n) is 12.1. The number of benzene rings is 4. The van der Waals surface area contributed by atoms with E-state index >= 15 is 4.39 Å². The molecular formula is C32H24F6. The molecule has 0 heterocycles. The monoisotopic (exact) mass is 522 g/mol. The van der Waals surface area contributed by atoms with E-state index in [9.17, 15) is 22.0 Å². The molecule has 0 amide bonds. The van der Waals surface area contributed by atoms with Gasteiger partial charge in [-0.3, -0.25) is 0 Å². The molecule has 0 aliphatic heterocycles. The van der Waals surface area contributed by atoms with Crippen molar-refractivity contribution in [2.75, 3.05) is 0 Å². The maximum absolute atomic E-state index is 15.1. The van der Waals surface area contributed by atoms with Gasteiger partial charge in [-0.1, -0.05) is 72.5 Å². The van der Waals surface area contributed by atoms with Crippen LogP contribution in [0.1, 0.15) is 46.7 Å². The van der Waals surface area contributed by atoms with E-state index in [2.05, 4.69) is 42.2 Å². The average molecular weight is 523 g/mol. The fourth-order valence-electron chi connectivity index (χ4n) is 4.23. The summed E-state index contributed by atoms with van der Waals surface area (Å²) in [6, 6.07) is 18.1. The largest absolute Gasteiger partial charge is 0.422 e. The SMILES string of the molecule is C/C=C/CCc1ccc(CCc2ccc3c(F)c(C#Cc4cc(F)c(C(F)(F)F)c(F)c4)ccc3c2)cc1. The van der Waals surface area contributed by atoms with Gasteiger partial charge < -0.3 is 0 Å². The number of rotatable bonds is 6. The smallest absolute Gasteiger partial charge is 0.206 e. The van der Waals surface area contributed by atoms with E-state index in [1.54, 1.807) is 12.1 Å². The molecule has 0 nitrogen and oxygen atoms in total. The highest BCUT2D eigenvalue weighted by Gasteiger charge is 2.37. The summed E-state index contributed by atoms with van der Waals surface area (Å²) in [6.07, 6.45) is 2.67. The summed E-state index contributed by atoms with van der Waals surface area (Å²) in [4.78, 5) is 0. The van der Waals surface area contributed by atoms with Gasteiger partial charge in [0.2, 0.25) is 0 Å². The maximum atomic E-state index is 15.1. The molecule has 0 fully saturated rings. The van der Waals surface area contributed by atoms with Crippen LogP contribution in [0.15, 0.2) is 78.9 Å². The van der Waals surface area contributed by atoms with Crippen LogP contribution < -0.4 is 0 Å². The molecule has 38 heavy (non-hydrogen) atoms. The van der Waals surface area contributed by atoms with Gasteiger partial charge in [-0.2, -0.15) is 13.2 Å². The van der Waals surface area contributed by atoms with E-state index in [0.717, 1.165) is 31.2 Å². The predicted octanol–water partition coefficient (Wildman–Crippen LogP) is 8.97. The topological polar surface area (TPSA) is 0 Å². The Morgan fingerprint density at radius 3 is 1.95 bits per heavy atom. The molecule has 0 unspecified atom stereocenters. The van der Waals surface area contributed by atoms with E-state index in [1.807, 2.05) is 25.1 Å². The van der Waals surface area contributed by atoms with Crippen molar-refractivity contribution < 1.29 is 26.3 Å². The molecule has 0 aliphatic rings. The molecule has 194 valence electrons. The van der Waals surface area contributed by atoms with Crippen molar-refractivity contribution in [3.63, 3.8) is 0 Å². The van der Waals surface area contributed by atoms with Crippen LogP contribution in [-0.4, -0.2) is 0 Å². The van der Waals surface area contributed by atoms with Crippen molar-refractivity contribution in [1.29, 1.82) is 0 Å². The van der Waals surface area contributed by atoms with Gasteiger partial charge in [0.05, 0.1) is 5.56 Å². The molecule has 0 radical (unpaired) electrons. The fourth-order valence-corrected chi connectivity index (χ4v) is 4.23. The molecular weight excluding hydrogens is 498 g/mol. The summed E-state index contributed by atoms with van der Waals surface area (Å²) >= 11 is 0. The summed E-state index contributed by atoms with van der Waals surface area (Å²) in [5.74, 6) is 0.679. The first-order valence-corrected chi connectivity index (χ1v) is 12.1. The van der Waals surface area contributed by atoms with Gasteiger partial charge in [0.1, 0.15) is 23.0 Å². The molecule has 0 aliphatic carbocycles. The van der Waals surface area contributed by atoms with Gasteiger partial charge in [-0.25, -0.2) is 13.2 Å². The normalized spacial score (nSPS) is 11.7. The van der Waals surface area contributed by atoms with Crippen molar-refractivity contribution in [1.82, 2.24) is 0 Å². The number of hydrogen-bond acceptors (Lipinski definition) is 0. The summed E-state index contributed by atoms with van der Waals surface area (Å²) in [6.45, 7) is 2.01. The Bertz CT molecular complexity index is 1510. The predicted molar refractivity (Wildman–Crippen MR) is 138 cm³/mol. The third-order valence-corrected chi connectivity index (χ3v) is 6.25. The maximum Gasteiger partial charge on any atom is 0.422 e. The number of allylic oxidation sites excluding steroid dienone is 2. The first-order chi connectivity index (χ1) is 18.2. The molecule has 0 spiro atoms. The Labute approximate surface area is 217 Å². The Kier molecular flexibility index (Phi) is 8.26. The quantitative estimate of drug-likeness (QED) is 0.135. The fraction of sp³-hybridized carbons (Fsp3) is 0.188. The highest BCUT2D eigenvalue weighted by molar-refractivity contribution is 5.85. The van der Waals surface area contributed by atoms with E-state index in [4.69, 9.17) is 0 Å². The van der Waals surface area contributed by atoms with Crippen LogP contribution in [0.25, 0.3) is 10.8 Å². The van der Waals surface area contributed by atoms with Gasteiger partial charge in [-0.15, -0.1) is 0 Å². The third kappa shape index (κ3) is 6.47. The van der Waals surface area contributed by atoms with Gasteiger partial charge in [-0.05, 0) is 72.9 Å². The van der Waals surface area contributed by atoms with E-state index in [0.29, 0.717) is 22.9 Å². The Hall–Kier alpha value is -3.98. The number of aryl methyl sites for hydroxylation is 3. The summed E-state index contributed by atoms with van der Waals surface area (Å²) in [5.41, 5.74) is 1.22. The first kappa shape index (κ1) is 27.1. The molecule has 0 saturated heterocycles. The number of fused-ring (bicyclic) bond motifs is 1. The molecule has 4 aromatic carbocycles. The number of halogens is 6. The van der Waals surface area contributed by atoms with Crippen LogP contribution in [-0.2, 0) is 25.4 Å². The lowest BCUT2D eigenvalue weighted by molar-refractivity contribution is -0.142. The van der Waals surface area contributed by atoms with E-state index in [1.165, 1.54) is 17.2 Å². The summed E-state index contributed by atoms with van der Waals surface area (Å²) < 4.78 is 80.9. The Morgan fingerprint density at radius 2 is 1.32 bits per heavy atom. The Balaban J connectivity index is 1.48. The lowest BCUT2D eigenvalue weighted by atomic mass is 9.98. The summed E-state index contributed by atoms with van der Waals surface area (Å²) in [5, 5.41) is 1.01. The Morgan fingerprint density at radius 1 is 0.711 bits per heavy atom. The van der Waals surface area contributed by atoms with Crippen molar-refractivity contribution in [3.05, 3.63) is 130 Å². The van der Waals surface area contributed by atoms with Gasteiger partial charge in [0, 0.05) is 10.9 Å². The highest BCUT2D eigenvalue weighted by Crippen LogP contribution is 2.34. The van der Waals surface area contributed by atoms with Crippen LogP contribution >= 0.6 is 0 Å². The zero-order valence-electron chi connectivity index (χ0n) is 20.6. The number of hydrogen-bond donors (Lipinski definition) is 0. The van der Waals surface area contributed by atoms with Crippen LogP contribution in [0.3, 0.4) is 0 Å². The minimum atomic E-state index is -5.17. The van der Waals surface area contributed by atoms with Crippen LogP contribution in [0, 0.1) is 29.3 Å². The molecule has 4 aromatic rings. The average Bonchev–Trinajstić information content (AvgIpc) is 2.87. The van der Waals surface area contributed by atoms with Crippen molar-refractivity contribution >= 4 is 10.8 Å². The molecule has 0 bridgehead atoms. The molecule has 0 aromatic heterocycles. The zero-order chi connectivity index (χ0) is 27.3. The zero-order valence-corrected chi connectivity index (χ0v) is 20.6. The molecule has 0 N–H and O–H groups in total. The van der Waals surface area contributed by atoms with Gasteiger partial charge in [0.25, 0.3) is 0 Å². The molecule has 4 rings (SSSR count). The lowest BCUT2D eigenvalue weighted by Gasteiger charge is -2.09. The second kappa shape index (κ2) is 11.6. The minimum absolute atomic E-state index is 0.0273. The molecule has 6 heteroatoms. The van der Waals surface area contributed by atoms with E-state index in [-0.39, 0.29) is 11.1 Å². The second-order valence-corrected chi connectivity index (χ2v) is 8.97.